The predicted molar refractivity (Wildman–Crippen MR) is 83.1 cm³/mol. The lowest BCUT2D eigenvalue weighted by atomic mass is 10.3. The van der Waals surface area contributed by atoms with E-state index < -0.39 is 0 Å². The van der Waals surface area contributed by atoms with Gasteiger partial charge in [-0.05, 0) is 20.3 Å². The maximum Gasteiger partial charge on any atom is 0.221 e. The van der Waals surface area contributed by atoms with Crippen molar-refractivity contribution in [3.8, 4) is 5.88 Å². The molecule has 1 aromatic rings. The van der Waals surface area contributed by atoms with Crippen LogP contribution in [0.5, 0.6) is 5.88 Å². The van der Waals surface area contributed by atoms with Crippen LogP contribution in [-0.2, 0) is 9.47 Å². The Kier molecular flexibility index (Phi) is 8.69. The summed E-state index contributed by atoms with van der Waals surface area (Å²) in [5, 5.41) is 3.30. The van der Waals surface area contributed by atoms with Crippen LogP contribution >= 0.6 is 0 Å². The third kappa shape index (κ3) is 6.73. The summed E-state index contributed by atoms with van der Waals surface area (Å²) < 4.78 is 16.0. The molecule has 0 saturated carbocycles. The maximum atomic E-state index is 5.74. The lowest BCUT2D eigenvalue weighted by Crippen LogP contribution is -2.11. The standard InChI is InChI=1S/C15H27N3O3/c1-5-7-16-14-12(2)15(18-13(3)17-14)21-9-6-8-20-11-10-19-4/h5-11H2,1-4H3,(H,16,17,18). The average molecular weight is 297 g/mol. The van der Waals surface area contributed by atoms with Crippen molar-refractivity contribution < 1.29 is 14.2 Å². The van der Waals surface area contributed by atoms with E-state index >= 15 is 0 Å². The summed E-state index contributed by atoms with van der Waals surface area (Å²) in [6.07, 6.45) is 1.88. The molecule has 6 nitrogen and oxygen atoms in total. The molecular weight excluding hydrogens is 270 g/mol. The normalized spacial score (nSPS) is 10.7. The predicted octanol–water partition coefficient (Wildman–Crippen LogP) is 2.35. The SMILES string of the molecule is CCCNc1nc(C)nc(OCCCOCCOC)c1C. The molecule has 0 aromatic carbocycles. The second-order valence-electron chi connectivity index (χ2n) is 4.78. The molecule has 1 N–H and O–H groups in total. The number of aryl methyl sites for hydroxylation is 1. The largest absolute Gasteiger partial charge is 0.477 e. The summed E-state index contributed by atoms with van der Waals surface area (Å²) in [5.74, 6) is 2.22. The third-order valence-electron chi connectivity index (χ3n) is 2.86. The average Bonchev–Trinajstić information content (AvgIpc) is 2.47. The van der Waals surface area contributed by atoms with Gasteiger partial charge in [0.15, 0.2) is 0 Å². The van der Waals surface area contributed by atoms with Gasteiger partial charge in [-0.1, -0.05) is 6.92 Å². The highest BCUT2D eigenvalue weighted by atomic mass is 16.5. The highest BCUT2D eigenvalue weighted by Crippen LogP contribution is 2.21. The van der Waals surface area contributed by atoms with Gasteiger partial charge in [0, 0.05) is 26.7 Å². The molecule has 1 rings (SSSR count). The molecule has 0 unspecified atom stereocenters. The second kappa shape index (κ2) is 10.3. The molecule has 0 aliphatic heterocycles. The van der Waals surface area contributed by atoms with Crippen LogP contribution in [-0.4, -0.2) is 50.1 Å². The first-order chi connectivity index (χ1) is 10.2. The summed E-state index contributed by atoms with van der Waals surface area (Å²) in [6, 6.07) is 0. The van der Waals surface area contributed by atoms with E-state index in [2.05, 4.69) is 22.2 Å². The summed E-state index contributed by atoms with van der Waals surface area (Å²) in [6.45, 7) is 9.34. The van der Waals surface area contributed by atoms with Crippen LogP contribution in [0.15, 0.2) is 0 Å². The minimum absolute atomic E-state index is 0.581. The van der Waals surface area contributed by atoms with Gasteiger partial charge in [0.05, 0.1) is 25.4 Å². The van der Waals surface area contributed by atoms with Crippen molar-refractivity contribution in [2.45, 2.75) is 33.6 Å². The first-order valence-corrected chi connectivity index (χ1v) is 7.47. The fourth-order valence-electron chi connectivity index (χ4n) is 1.73. The van der Waals surface area contributed by atoms with Gasteiger partial charge in [0.25, 0.3) is 0 Å². The zero-order valence-corrected chi connectivity index (χ0v) is 13.6. The molecule has 0 aliphatic carbocycles. The van der Waals surface area contributed by atoms with Gasteiger partial charge < -0.3 is 19.5 Å². The molecular formula is C15H27N3O3. The maximum absolute atomic E-state index is 5.74. The molecule has 1 heterocycles. The van der Waals surface area contributed by atoms with E-state index in [1.54, 1.807) is 7.11 Å². The molecule has 1 aromatic heterocycles. The van der Waals surface area contributed by atoms with Crippen LogP contribution in [0.2, 0.25) is 0 Å². The number of nitrogens with one attached hydrogen (secondary N) is 1. The Balaban J connectivity index is 2.41. The van der Waals surface area contributed by atoms with E-state index in [0.29, 0.717) is 38.1 Å². The molecule has 0 amide bonds. The summed E-state index contributed by atoms with van der Waals surface area (Å²) in [7, 11) is 1.66. The van der Waals surface area contributed by atoms with Gasteiger partial charge in [0.2, 0.25) is 5.88 Å². The quantitative estimate of drug-likeness (QED) is 0.632. The zero-order chi connectivity index (χ0) is 15.5. The van der Waals surface area contributed by atoms with E-state index in [-0.39, 0.29) is 0 Å². The Morgan fingerprint density at radius 2 is 1.86 bits per heavy atom. The number of hydrogen-bond donors (Lipinski definition) is 1. The molecule has 0 atom stereocenters. The smallest absolute Gasteiger partial charge is 0.221 e. The van der Waals surface area contributed by atoms with Gasteiger partial charge in [0.1, 0.15) is 11.6 Å². The fraction of sp³-hybridized carbons (Fsp3) is 0.733. The molecule has 0 spiro atoms. The van der Waals surface area contributed by atoms with Crippen LogP contribution in [0.3, 0.4) is 0 Å². The highest BCUT2D eigenvalue weighted by molar-refractivity contribution is 5.48. The minimum Gasteiger partial charge on any atom is -0.477 e. The summed E-state index contributed by atoms with van der Waals surface area (Å²) >= 11 is 0. The lowest BCUT2D eigenvalue weighted by molar-refractivity contribution is 0.0641. The number of aromatic nitrogens is 2. The summed E-state index contributed by atoms with van der Waals surface area (Å²) in [4.78, 5) is 8.76. The van der Waals surface area contributed by atoms with Gasteiger partial charge in [-0.25, -0.2) is 4.98 Å². The number of rotatable bonds is 11. The van der Waals surface area contributed by atoms with Crippen molar-refractivity contribution in [1.82, 2.24) is 9.97 Å². The van der Waals surface area contributed by atoms with Crippen LogP contribution in [0.1, 0.15) is 31.2 Å². The van der Waals surface area contributed by atoms with E-state index in [1.807, 2.05) is 13.8 Å². The molecule has 0 aliphatic rings. The van der Waals surface area contributed by atoms with E-state index in [0.717, 1.165) is 30.8 Å². The lowest BCUT2D eigenvalue weighted by Gasteiger charge is -2.13. The van der Waals surface area contributed by atoms with Gasteiger partial charge in [-0.2, -0.15) is 4.98 Å². The number of nitrogens with zero attached hydrogens (tertiary/aromatic N) is 2. The highest BCUT2D eigenvalue weighted by Gasteiger charge is 2.09. The Hall–Kier alpha value is -1.40. The monoisotopic (exact) mass is 297 g/mol. The van der Waals surface area contributed by atoms with Crippen molar-refractivity contribution in [3.05, 3.63) is 11.4 Å². The van der Waals surface area contributed by atoms with Crippen molar-refractivity contribution >= 4 is 5.82 Å². The molecule has 0 radical (unpaired) electrons. The van der Waals surface area contributed by atoms with Crippen LogP contribution < -0.4 is 10.1 Å². The number of hydrogen-bond acceptors (Lipinski definition) is 6. The van der Waals surface area contributed by atoms with Crippen molar-refractivity contribution in [1.29, 1.82) is 0 Å². The second-order valence-corrected chi connectivity index (χ2v) is 4.78. The Morgan fingerprint density at radius 3 is 2.57 bits per heavy atom. The molecule has 120 valence electrons. The van der Waals surface area contributed by atoms with Crippen LogP contribution in [0.25, 0.3) is 0 Å². The van der Waals surface area contributed by atoms with Crippen molar-refractivity contribution in [2.24, 2.45) is 0 Å². The van der Waals surface area contributed by atoms with E-state index in [1.165, 1.54) is 0 Å². The van der Waals surface area contributed by atoms with Crippen LogP contribution in [0.4, 0.5) is 5.82 Å². The van der Waals surface area contributed by atoms with Crippen molar-refractivity contribution in [2.75, 3.05) is 45.4 Å². The Morgan fingerprint density at radius 1 is 1.05 bits per heavy atom. The molecule has 0 saturated heterocycles. The topological polar surface area (TPSA) is 65.5 Å². The van der Waals surface area contributed by atoms with Crippen LogP contribution in [0, 0.1) is 13.8 Å². The molecule has 0 fully saturated rings. The third-order valence-corrected chi connectivity index (χ3v) is 2.86. The number of methoxy groups -OCH3 is 1. The first-order valence-electron chi connectivity index (χ1n) is 7.47. The molecule has 6 heteroatoms. The van der Waals surface area contributed by atoms with Gasteiger partial charge in [-0.3, -0.25) is 0 Å². The minimum atomic E-state index is 0.581. The van der Waals surface area contributed by atoms with E-state index in [4.69, 9.17) is 14.2 Å². The van der Waals surface area contributed by atoms with Gasteiger partial charge in [-0.15, -0.1) is 0 Å². The van der Waals surface area contributed by atoms with E-state index in [9.17, 15) is 0 Å². The summed E-state index contributed by atoms with van der Waals surface area (Å²) in [5.41, 5.74) is 0.953. The fourth-order valence-corrected chi connectivity index (χ4v) is 1.73. The number of ether oxygens (including phenoxy) is 3. The molecule has 21 heavy (non-hydrogen) atoms. The zero-order valence-electron chi connectivity index (χ0n) is 13.6. The Labute approximate surface area is 127 Å². The Bertz CT molecular complexity index is 413. The van der Waals surface area contributed by atoms with Crippen molar-refractivity contribution in [3.63, 3.8) is 0 Å². The number of anilines is 1. The van der Waals surface area contributed by atoms with Gasteiger partial charge >= 0.3 is 0 Å². The molecule has 0 bridgehead atoms. The first kappa shape index (κ1) is 17.7.